The van der Waals surface area contributed by atoms with Gasteiger partial charge in [-0.05, 0) is 30.9 Å². The van der Waals surface area contributed by atoms with E-state index in [0.29, 0.717) is 17.5 Å². The quantitative estimate of drug-likeness (QED) is 0.704. The Bertz CT molecular complexity index is 326. The lowest BCUT2D eigenvalue weighted by Crippen LogP contribution is -2.11. The number of hydrogen-bond donors (Lipinski definition) is 0. The zero-order valence-corrected chi connectivity index (χ0v) is 8.99. The van der Waals surface area contributed by atoms with Crippen LogP contribution in [0.5, 0.6) is 0 Å². The van der Waals surface area contributed by atoms with E-state index in [2.05, 4.69) is 0 Å². The minimum Gasteiger partial charge on any atom is -0.166 e. The summed E-state index contributed by atoms with van der Waals surface area (Å²) in [6.07, 6.45) is -2.01. The zero-order chi connectivity index (χ0) is 11.5. The van der Waals surface area contributed by atoms with Gasteiger partial charge in [0.2, 0.25) is 0 Å². The van der Waals surface area contributed by atoms with Gasteiger partial charge >= 0.3 is 6.18 Å². The topological polar surface area (TPSA) is 0 Å². The van der Waals surface area contributed by atoms with Crippen LogP contribution >= 0.6 is 0 Å². The zero-order valence-electron chi connectivity index (χ0n) is 8.99. The fourth-order valence-corrected chi connectivity index (χ4v) is 1.71. The summed E-state index contributed by atoms with van der Waals surface area (Å²) in [5, 5.41) is 0. The molecule has 1 rings (SSSR count). The van der Waals surface area contributed by atoms with Crippen molar-refractivity contribution in [2.45, 2.75) is 39.3 Å². The molecule has 0 amide bonds. The Morgan fingerprint density at radius 2 is 1.87 bits per heavy atom. The van der Waals surface area contributed by atoms with E-state index in [1.807, 2.05) is 6.92 Å². The predicted octanol–water partition coefficient (Wildman–Crippen LogP) is 4.36. The van der Waals surface area contributed by atoms with Crippen molar-refractivity contribution >= 4 is 0 Å². The third-order valence-electron chi connectivity index (χ3n) is 2.44. The SMILES string of the molecule is CCCCc1cccc(C)c1C(F)(F)F. The van der Waals surface area contributed by atoms with Crippen LogP contribution in [0.25, 0.3) is 0 Å². The average Bonchev–Trinajstić information content (AvgIpc) is 2.12. The minimum atomic E-state index is -4.23. The Labute approximate surface area is 88.1 Å². The first-order chi connectivity index (χ1) is 6.96. The molecule has 0 bridgehead atoms. The first-order valence-corrected chi connectivity index (χ1v) is 5.12. The molecule has 0 radical (unpaired) electrons. The number of rotatable bonds is 3. The Morgan fingerprint density at radius 1 is 1.20 bits per heavy atom. The third-order valence-corrected chi connectivity index (χ3v) is 2.44. The van der Waals surface area contributed by atoms with Gasteiger partial charge in [-0.25, -0.2) is 0 Å². The summed E-state index contributed by atoms with van der Waals surface area (Å²) in [6, 6.07) is 4.78. The number of alkyl halides is 3. The van der Waals surface area contributed by atoms with E-state index in [1.54, 1.807) is 12.1 Å². The van der Waals surface area contributed by atoms with Gasteiger partial charge < -0.3 is 0 Å². The summed E-state index contributed by atoms with van der Waals surface area (Å²) in [7, 11) is 0. The highest BCUT2D eigenvalue weighted by molar-refractivity contribution is 5.36. The Kier molecular flexibility index (Phi) is 3.77. The Hall–Kier alpha value is -0.990. The van der Waals surface area contributed by atoms with E-state index in [4.69, 9.17) is 0 Å². The van der Waals surface area contributed by atoms with Gasteiger partial charge in [-0.15, -0.1) is 0 Å². The summed E-state index contributed by atoms with van der Waals surface area (Å²) in [4.78, 5) is 0. The second-order valence-corrected chi connectivity index (χ2v) is 3.71. The molecule has 0 nitrogen and oxygen atoms in total. The molecule has 0 heterocycles. The molecular weight excluding hydrogens is 201 g/mol. The van der Waals surface area contributed by atoms with E-state index >= 15 is 0 Å². The standard InChI is InChI=1S/C12H15F3/c1-3-4-7-10-8-5-6-9(2)11(10)12(13,14)15/h5-6,8H,3-4,7H2,1-2H3. The molecular formula is C12H15F3. The van der Waals surface area contributed by atoms with Crippen LogP contribution < -0.4 is 0 Å². The number of benzene rings is 1. The molecule has 3 heteroatoms. The van der Waals surface area contributed by atoms with E-state index in [-0.39, 0.29) is 0 Å². The highest BCUT2D eigenvalue weighted by Gasteiger charge is 2.34. The largest absolute Gasteiger partial charge is 0.416 e. The summed E-state index contributed by atoms with van der Waals surface area (Å²) in [5.41, 5.74) is 0.291. The maximum atomic E-state index is 12.7. The fraction of sp³-hybridized carbons (Fsp3) is 0.500. The molecule has 0 unspecified atom stereocenters. The van der Waals surface area contributed by atoms with Crippen LogP contribution in [0.15, 0.2) is 18.2 Å². The molecule has 0 aromatic heterocycles. The molecule has 0 saturated carbocycles. The monoisotopic (exact) mass is 216 g/mol. The van der Waals surface area contributed by atoms with Gasteiger partial charge in [-0.2, -0.15) is 13.2 Å². The van der Waals surface area contributed by atoms with Gasteiger partial charge in [0.15, 0.2) is 0 Å². The normalized spacial score (nSPS) is 11.8. The molecule has 1 aromatic carbocycles. The number of aryl methyl sites for hydroxylation is 2. The first kappa shape index (κ1) is 12.1. The summed E-state index contributed by atoms with van der Waals surface area (Å²) in [6.45, 7) is 3.49. The molecule has 0 aliphatic carbocycles. The van der Waals surface area contributed by atoms with Gasteiger partial charge in [-0.3, -0.25) is 0 Å². The van der Waals surface area contributed by atoms with Crippen LogP contribution in [0.1, 0.15) is 36.5 Å². The van der Waals surface area contributed by atoms with Crippen LogP contribution in [-0.4, -0.2) is 0 Å². The van der Waals surface area contributed by atoms with Crippen LogP contribution in [0.4, 0.5) is 13.2 Å². The van der Waals surface area contributed by atoms with Crippen LogP contribution in [0.2, 0.25) is 0 Å². The number of unbranched alkanes of at least 4 members (excludes halogenated alkanes) is 1. The van der Waals surface area contributed by atoms with Crippen molar-refractivity contribution in [3.8, 4) is 0 Å². The molecule has 0 aliphatic heterocycles. The molecule has 0 fully saturated rings. The lowest BCUT2D eigenvalue weighted by Gasteiger charge is -2.15. The average molecular weight is 216 g/mol. The van der Waals surface area contributed by atoms with E-state index in [1.165, 1.54) is 13.0 Å². The Morgan fingerprint density at radius 3 is 2.40 bits per heavy atom. The Balaban J connectivity index is 3.09. The highest BCUT2D eigenvalue weighted by Crippen LogP contribution is 2.34. The van der Waals surface area contributed by atoms with Gasteiger partial charge in [0, 0.05) is 0 Å². The van der Waals surface area contributed by atoms with Gasteiger partial charge in [0.25, 0.3) is 0 Å². The van der Waals surface area contributed by atoms with Gasteiger partial charge in [-0.1, -0.05) is 31.5 Å². The van der Waals surface area contributed by atoms with Gasteiger partial charge in [0.1, 0.15) is 0 Å². The smallest absolute Gasteiger partial charge is 0.166 e. The maximum Gasteiger partial charge on any atom is 0.416 e. The first-order valence-electron chi connectivity index (χ1n) is 5.12. The van der Waals surface area contributed by atoms with Crippen LogP contribution in [-0.2, 0) is 12.6 Å². The lowest BCUT2D eigenvalue weighted by molar-refractivity contribution is -0.138. The molecule has 0 spiro atoms. The van der Waals surface area contributed by atoms with Crippen molar-refractivity contribution in [1.82, 2.24) is 0 Å². The second kappa shape index (κ2) is 4.69. The van der Waals surface area contributed by atoms with Gasteiger partial charge in [0.05, 0.1) is 5.56 Å². The number of halogens is 3. The molecule has 84 valence electrons. The summed E-state index contributed by atoms with van der Waals surface area (Å²) < 4.78 is 38.2. The van der Waals surface area contributed by atoms with Crippen molar-refractivity contribution in [3.63, 3.8) is 0 Å². The van der Waals surface area contributed by atoms with E-state index < -0.39 is 11.7 Å². The van der Waals surface area contributed by atoms with Crippen LogP contribution in [0, 0.1) is 6.92 Å². The summed E-state index contributed by atoms with van der Waals surface area (Å²) in [5.74, 6) is 0. The lowest BCUT2D eigenvalue weighted by atomic mass is 9.97. The summed E-state index contributed by atoms with van der Waals surface area (Å²) >= 11 is 0. The maximum absolute atomic E-state index is 12.7. The predicted molar refractivity (Wildman–Crippen MR) is 54.8 cm³/mol. The van der Waals surface area contributed by atoms with Crippen molar-refractivity contribution in [2.24, 2.45) is 0 Å². The number of hydrogen-bond acceptors (Lipinski definition) is 0. The van der Waals surface area contributed by atoms with E-state index in [9.17, 15) is 13.2 Å². The molecule has 0 saturated heterocycles. The molecule has 0 aliphatic rings. The van der Waals surface area contributed by atoms with Crippen molar-refractivity contribution in [3.05, 3.63) is 34.9 Å². The van der Waals surface area contributed by atoms with E-state index in [0.717, 1.165) is 12.8 Å². The van der Waals surface area contributed by atoms with Crippen molar-refractivity contribution < 1.29 is 13.2 Å². The molecule has 0 atom stereocenters. The molecule has 1 aromatic rings. The third kappa shape index (κ3) is 2.98. The van der Waals surface area contributed by atoms with Crippen LogP contribution in [0.3, 0.4) is 0 Å². The minimum absolute atomic E-state index is 0.316. The second-order valence-electron chi connectivity index (χ2n) is 3.71. The van der Waals surface area contributed by atoms with Crippen molar-refractivity contribution in [2.75, 3.05) is 0 Å². The fourth-order valence-electron chi connectivity index (χ4n) is 1.71. The van der Waals surface area contributed by atoms with Crippen molar-refractivity contribution in [1.29, 1.82) is 0 Å². The molecule has 15 heavy (non-hydrogen) atoms. The molecule has 0 N–H and O–H groups in total. The highest BCUT2D eigenvalue weighted by atomic mass is 19.4.